The van der Waals surface area contributed by atoms with Gasteiger partial charge in [-0.05, 0) is 48.1 Å². The molecule has 0 aromatic heterocycles. The number of aryl methyl sites for hydroxylation is 1. The van der Waals surface area contributed by atoms with Gasteiger partial charge in [-0.2, -0.15) is 0 Å². The molecule has 19 heavy (non-hydrogen) atoms. The van der Waals surface area contributed by atoms with Crippen LogP contribution in [-0.4, -0.2) is 19.7 Å². The van der Waals surface area contributed by atoms with E-state index in [4.69, 9.17) is 4.74 Å². The molecule has 0 aliphatic carbocycles. The first-order valence-electron chi connectivity index (χ1n) is 7.09. The molecule has 2 nitrogen and oxygen atoms in total. The molecule has 1 aromatic rings. The third-order valence-electron chi connectivity index (χ3n) is 3.61. The Morgan fingerprint density at radius 3 is 2.63 bits per heavy atom. The smallest absolute Gasteiger partial charge is 0.122 e. The summed E-state index contributed by atoms with van der Waals surface area (Å²) in [7, 11) is 0. The van der Waals surface area contributed by atoms with Gasteiger partial charge in [0, 0.05) is 6.54 Å². The first-order valence-corrected chi connectivity index (χ1v) is 7.09. The fraction of sp³-hybridized carbons (Fsp3) is 0.529. The third-order valence-corrected chi connectivity index (χ3v) is 3.61. The average molecular weight is 259 g/mol. The normalized spacial score (nSPS) is 16.1. The second kappa shape index (κ2) is 5.79. The molecule has 2 rings (SSSR count). The van der Waals surface area contributed by atoms with Crippen molar-refractivity contribution in [2.75, 3.05) is 19.7 Å². The van der Waals surface area contributed by atoms with Gasteiger partial charge in [0.15, 0.2) is 0 Å². The van der Waals surface area contributed by atoms with Crippen LogP contribution in [-0.2, 0) is 5.41 Å². The Kier molecular flexibility index (Phi) is 4.31. The summed E-state index contributed by atoms with van der Waals surface area (Å²) in [6.07, 6.45) is 3.33. The predicted molar refractivity (Wildman–Crippen MR) is 80.9 cm³/mol. The Hall–Kier alpha value is -1.28. The van der Waals surface area contributed by atoms with Crippen molar-refractivity contribution in [3.8, 4) is 5.75 Å². The topological polar surface area (TPSA) is 21.3 Å². The molecule has 0 saturated heterocycles. The van der Waals surface area contributed by atoms with E-state index in [1.54, 1.807) is 0 Å². The Balaban J connectivity index is 2.03. The summed E-state index contributed by atoms with van der Waals surface area (Å²) in [6, 6.07) is 6.53. The SMILES string of the molecule is Cc1cc(C(C)(C)C)ccc1OCC1=CCNCC1. The fourth-order valence-corrected chi connectivity index (χ4v) is 2.25. The highest BCUT2D eigenvalue weighted by Gasteiger charge is 2.15. The van der Waals surface area contributed by atoms with Crippen LogP contribution in [0.25, 0.3) is 0 Å². The number of nitrogens with one attached hydrogen (secondary N) is 1. The van der Waals surface area contributed by atoms with Crippen molar-refractivity contribution in [3.05, 3.63) is 41.0 Å². The van der Waals surface area contributed by atoms with E-state index in [1.807, 2.05) is 0 Å². The monoisotopic (exact) mass is 259 g/mol. The van der Waals surface area contributed by atoms with Crippen LogP contribution in [0, 0.1) is 6.92 Å². The Morgan fingerprint density at radius 2 is 2.05 bits per heavy atom. The number of rotatable bonds is 3. The lowest BCUT2D eigenvalue weighted by Crippen LogP contribution is -2.22. The van der Waals surface area contributed by atoms with Crippen LogP contribution in [0.5, 0.6) is 5.75 Å². The van der Waals surface area contributed by atoms with Crippen molar-refractivity contribution in [1.82, 2.24) is 5.32 Å². The van der Waals surface area contributed by atoms with Crippen molar-refractivity contribution in [2.45, 2.75) is 39.5 Å². The zero-order valence-corrected chi connectivity index (χ0v) is 12.5. The van der Waals surface area contributed by atoms with Gasteiger partial charge in [-0.3, -0.25) is 0 Å². The predicted octanol–water partition coefficient (Wildman–Crippen LogP) is 3.59. The summed E-state index contributed by atoms with van der Waals surface area (Å²) in [5.74, 6) is 1.01. The molecule has 104 valence electrons. The van der Waals surface area contributed by atoms with Gasteiger partial charge in [0.1, 0.15) is 12.4 Å². The molecule has 1 N–H and O–H groups in total. The highest BCUT2D eigenvalue weighted by atomic mass is 16.5. The molecule has 0 saturated carbocycles. The minimum atomic E-state index is 0.195. The maximum atomic E-state index is 5.95. The molecule has 0 unspecified atom stereocenters. The van der Waals surface area contributed by atoms with E-state index >= 15 is 0 Å². The Bertz CT molecular complexity index is 469. The fourth-order valence-electron chi connectivity index (χ4n) is 2.25. The number of hydrogen-bond donors (Lipinski definition) is 1. The molecule has 1 aliphatic rings. The summed E-state index contributed by atoms with van der Waals surface area (Å²) in [5.41, 5.74) is 4.18. The first-order chi connectivity index (χ1) is 8.97. The zero-order valence-electron chi connectivity index (χ0n) is 12.5. The molecule has 2 heteroatoms. The van der Waals surface area contributed by atoms with Crippen molar-refractivity contribution >= 4 is 0 Å². The van der Waals surface area contributed by atoms with E-state index < -0.39 is 0 Å². The van der Waals surface area contributed by atoms with Gasteiger partial charge in [-0.15, -0.1) is 0 Å². The lowest BCUT2D eigenvalue weighted by molar-refractivity contribution is 0.341. The number of hydrogen-bond acceptors (Lipinski definition) is 2. The van der Waals surface area contributed by atoms with Gasteiger partial charge < -0.3 is 10.1 Å². The molecule has 0 bridgehead atoms. The Morgan fingerprint density at radius 1 is 1.26 bits per heavy atom. The second-order valence-corrected chi connectivity index (χ2v) is 6.34. The molecule has 0 atom stereocenters. The third kappa shape index (κ3) is 3.84. The summed E-state index contributed by atoms with van der Waals surface area (Å²) in [6.45, 7) is 11.6. The van der Waals surface area contributed by atoms with Gasteiger partial charge in [0.05, 0.1) is 0 Å². The summed E-state index contributed by atoms with van der Waals surface area (Å²) >= 11 is 0. The van der Waals surface area contributed by atoms with Crippen LogP contribution in [0.1, 0.15) is 38.3 Å². The summed E-state index contributed by atoms with van der Waals surface area (Å²) in [5, 5.41) is 3.32. The van der Waals surface area contributed by atoms with Gasteiger partial charge in [0.2, 0.25) is 0 Å². The molecule has 0 spiro atoms. The molecule has 0 amide bonds. The minimum absolute atomic E-state index is 0.195. The van der Waals surface area contributed by atoms with Crippen molar-refractivity contribution in [1.29, 1.82) is 0 Å². The lowest BCUT2D eigenvalue weighted by atomic mass is 9.86. The average Bonchev–Trinajstić information content (AvgIpc) is 2.37. The van der Waals surface area contributed by atoms with Gasteiger partial charge in [-0.1, -0.05) is 39.0 Å². The molecule has 0 fully saturated rings. The minimum Gasteiger partial charge on any atom is -0.489 e. The van der Waals surface area contributed by atoms with Crippen LogP contribution in [0.4, 0.5) is 0 Å². The van der Waals surface area contributed by atoms with Gasteiger partial charge in [0.25, 0.3) is 0 Å². The molecule has 1 aliphatic heterocycles. The van der Waals surface area contributed by atoms with E-state index in [2.05, 4.69) is 57.3 Å². The van der Waals surface area contributed by atoms with Crippen LogP contribution < -0.4 is 10.1 Å². The number of ether oxygens (including phenoxy) is 1. The van der Waals surface area contributed by atoms with Crippen LogP contribution in [0.15, 0.2) is 29.8 Å². The van der Waals surface area contributed by atoms with Crippen LogP contribution in [0.3, 0.4) is 0 Å². The molecule has 0 radical (unpaired) electrons. The molecule has 1 aromatic carbocycles. The zero-order chi connectivity index (χ0) is 13.9. The maximum Gasteiger partial charge on any atom is 0.122 e. The van der Waals surface area contributed by atoms with Gasteiger partial charge in [-0.25, -0.2) is 0 Å². The molecular formula is C17H25NO. The standard InChI is InChI=1S/C17H25NO/c1-13-11-15(17(2,3)4)5-6-16(13)19-12-14-7-9-18-10-8-14/h5-7,11,18H,8-10,12H2,1-4H3. The van der Waals surface area contributed by atoms with E-state index in [0.29, 0.717) is 0 Å². The van der Waals surface area contributed by atoms with E-state index in [9.17, 15) is 0 Å². The van der Waals surface area contributed by atoms with Crippen molar-refractivity contribution < 1.29 is 4.74 Å². The van der Waals surface area contributed by atoms with Crippen molar-refractivity contribution in [2.24, 2.45) is 0 Å². The summed E-state index contributed by atoms with van der Waals surface area (Å²) in [4.78, 5) is 0. The van der Waals surface area contributed by atoms with Crippen LogP contribution in [0.2, 0.25) is 0 Å². The summed E-state index contributed by atoms with van der Waals surface area (Å²) < 4.78 is 5.95. The highest BCUT2D eigenvalue weighted by Crippen LogP contribution is 2.27. The quantitative estimate of drug-likeness (QED) is 0.838. The number of benzene rings is 1. The second-order valence-electron chi connectivity index (χ2n) is 6.34. The van der Waals surface area contributed by atoms with Crippen LogP contribution >= 0.6 is 0 Å². The highest BCUT2D eigenvalue weighted by molar-refractivity contribution is 5.39. The van der Waals surface area contributed by atoms with Gasteiger partial charge >= 0.3 is 0 Å². The largest absolute Gasteiger partial charge is 0.489 e. The maximum absolute atomic E-state index is 5.95. The van der Waals surface area contributed by atoms with E-state index in [1.165, 1.54) is 16.7 Å². The molecule has 1 heterocycles. The van der Waals surface area contributed by atoms with Crippen molar-refractivity contribution in [3.63, 3.8) is 0 Å². The molecular weight excluding hydrogens is 234 g/mol. The first kappa shape index (κ1) is 14.1. The lowest BCUT2D eigenvalue weighted by Gasteiger charge is -2.21. The van der Waals surface area contributed by atoms with E-state index in [-0.39, 0.29) is 5.41 Å². The van der Waals surface area contributed by atoms with E-state index in [0.717, 1.165) is 31.9 Å². The Labute approximate surface area is 116 Å².